The number of ketones is 1. The zero-order valence-electron chi connectivity index (χ0n) is 26.1. The molecule has 0 spiro atoms. The van der Waals surface area contributed by atoms with Crippen LogP contribution in [0.1, 0.15) is 10.4 Å². The maximum absolute atomic E-state index is 12.6. The van der Waals surface area contributed by atoms with Gasteiger partial charge in [-0.05, 0) is 84.6 Å². The number of aliphatic imine (C=N–C) groups is 1. The molecule has 0 saturated carbocycles. The third-order valence-corrected chi connectivity index (χ3v) is 9.58. The molecule has 244 valence electrons. The van der Waals surface area contributed by atoms with Crippen molar-refractivity contribution >= 4 is 57.1 Å². The second-order valence-corrected chi connectivity index (χ2v) is 12.4. The second kappa shape index (κ2) is 17.6. The number of thioether (sulfide) groups is 2. The van der Waals surface area contributed by atoms with Gasteiger partial charge in [-0.15, -0.1) is 17.0 Å². The van der Waals surface area contributed by atoms with E-state index in [9.17, 15) is 4.79 Å². The minimum absolute atomic E-state index is 0. The van der Waals surface area contributed by atoms with Gasteiger partial charge in [-0.3, -0.25) is 9.79 Å². The van der Waals surface area contributed by atoms with Crippen molar-refractivity contribution < 1.29 is 35.8 Å². The van der Waals surface area contributed by atoms with E-state index < -0.39 is 0 Å². The van der Waals surface area contributed by atoms with E-state index in [0.717, 1.165) is 46.9 Å². The largest absolute Gasteiger partial charge is 1.00 e. The van der Waals surface area contributed by atoms with Gasteiger partial charge in [0.2, 0.25) is 0 Å². The molecule has 2 aliphatic rings. The lowest BCUT2D eigenvalue weighted by Crippen LogP contribution is -3.00. The van der Waals surface area contributed by atoms with Crippen molar-refractivity contribution in [2.75, 3.05) is 43.7 Å². The molecule has 0 unspecified atom stereocenters. The Hall–Kier alpha value is -3.51. The lowest BCUT2D eigenvalue weighted by atomic mass is 10.1. The van der Waals surface area contributed by atoms with Gasteiger partial charge in [0, 0.05) is 28.3 Å². The maximum atomic E-state index is 12.6. The zero-order valence-corrected chi connectivity index (χ0v) is 31.1. The van der Waals surface area contributed by atoms with Crippen molar-refractivity contribution in [2.45, 2.75) is 11.7 Å². The number of aromatic nitrogens is 2. The van der Waals surface area contributed by atoms with E-state index in [1.54, 1.807) is 38.1 Å². The summed E-state index contributed by atoms with van der Waals surface area (Å²) in [6.45, 7) is 2.14. The average Bonchev–Trinajstić information content (AvgIpc) is 3.88. The third kappa shape index (κ3) is 8.70. The zero-order chi connectivity index (χ0) is 31.0. The summed E-state index contributed by atoms with van der Waals surface area (Å²) in [6.07, 6.45) is 2.23. The number of anilines is 1. The molecular weight excluding hydrogens is 760 g/mol. The fourth-order valence-electron chi connectivity index (χ4n) is 5.21. The van der Waals surface area contributed by atoms with Crippen LogP contribution in [0.25, 0.3) is 16.9 Å². The number of fused-ring (bicyclic) bond motifs is 1. The molecule has 0 bridgehead atoms. The first-order chi connectivity index (χ1) is 22.1. The molecule has 47 heavy (non-hydrogen) atoms. The number of nitrogens with zero attached hydrogens (tertiary/aromatic N) is 4. The summed E-state index contributed by atoms with van der Waals surface area (Å²) >= 11 is 3.61. The van der Waals surface area contributed by atoms with Gasteiger partial charge in [0.15, 0.2) is 16.6 Å². The van der Waals surface area contributed by atoms with Gasteiger partial charge in [-0.2, -0.15) is 4.57 Å². The van der Waals surface area contributed by atoms with Crippen LogP contribution in [0, 0.1) is 0 Å². The number of Topliss-reactive ketones (excluding diaryl/α,β-unsaturated/α-hetero) is 1. The Morgan fingerprint density at radius 2 is 1.45 bits per heavy atom. The summed E-state index contributed by atoms with van der Waals surface area (Å²) < 4.78 is 15.1. The number of hydrogen-bond donors (Lipinski definition) is 0. The molecule has 7 nitrogen and oxygen atoms in total. The van der Waals surface area contributed by atoms with Crippen LogP contribution < -0.4 is 35.9 Å². The highest BCUT2D eigenvalue weighted by molar-refractivity contribution is 8.93. The summed E-state index contributed by atoms with van der Waals surface area (Å²) in [7, 11) is 3.31. The van der Waals surface area contributed by atoms with Gasteiger partial charge in [-0.25, -0.2) is 4.57 Å². The molecule has 5 aromatic rings. The number of halogens is 2. The topological polar surface area (TPSA) is 59.9 Å². The van der Waals surface area contributed by atoms with Crippen LogP contribution in [-0.2, 0) is 6.54 Å². The third-order valence-electron chi connectivity index (χ3n) is 7.53. The van der Waals surface area contributed by atoms with E-state index in [2.05, 4.69) is 62.8 Å². The predicted octanol–water partition coefficient (Wildman–Crippen LogP) is 4.62. The highest BCUT2D eigenvalue weighted by Crippen LogP contribution is 2.30. The van der Waals surface area contributed by atoms with Crippen LogP contribution in [0.2, 0.25) is 0 Å². The van der Waals surface area contributed by atoms with Crippen molar-refractivity contribution in [3.05, 3.63) is 121 Å². The number of imidazole rings is 1. The maximum Gasteiger partial charge on any atom is 0.323 e. The van der Waals surface area contributed by atoms with E-state index in [0.29, 0.717) is 5.56 Å². The Balaban J connectivity index is 0.000000204. The molecule has 0 radical (unpaired) electrons. The summed E-state index contributed by atoms with van der Waals surface area (Å²) in [6, 6.07) is 35.9. The quantitative estimate of drug-likeness (QED) is 0.169. The Morgan fingerprint density at radius 1 is 0.830 bits per heavy atom. The summed E-state index contributed by atoms with van der Waals surface area (Å²) in [5, 5.41) is 2.22. The molecule has 4 aromatic carbocycles. The van der Waals surface area contributed by atoms with Crippen molar-refractivity contribution in [1.82, 2.24) is 4.57 Å². The highest BCUT2D eigenvalue weighted by Gasteiger charge is 2.30. The Labute approximate surface area is 305 Å². The number of methoxy groups -OCH3 is 2. The standard InChI is InChI=1S/C18H18N2O2S.C18H17N2OS.2BrH/c1-22-16-9-7-14(8-10-16)17(21)13-20(18-19-11-12-23-18)15-5-3-2-4-6-15;1-21-16-9-7-14(8-10-16)17-13-20(15-5-3-2-4-6-15)18-19(17)11-12-22-18;;/h2-10H,11-13H2,1H3;2-10,13H,11-12H2,1H3;2*1H/q;+1;;/p-1. The van der Waals surface area contributed by atoms with Gasteiger partial charge in [0.25, 0.3) is 0 Å². The van der Waals surface area contributed by atoms with Gasteiger partial charge < -0.3 is 31.4 Å². The first-order valence-electron chi connectivity index (χ1n) is 14.8. The molecule has 3 heterocycles. The van der Waals surface area contributed by atoms with Gasteiger partial charge >= 0.3 is 5.16 Å². The van der Waals surface area contributed by atoms with E-state index in [-0.39, 0.29) is 46.3 Å². The molecular formula is C36H36Br2N4O3S2. The van der Waals surface area contributed by atoms with Crippen LogP contribution in [0.3, 0.4) is 0 Å². The molecule has 2 aliphatic heterocycles. The number of hydrogen-bond acceptors (Lipinski definition) is 7. The van der Waals surface area contributed by atoms with Crippen molar-refractivity contribution in [3.8, 4) is 28.4 Å². The minimum atomic E-state index is 0. The van der Waals surface area contributed by atoms with Crippen LogP contribution in [-0.4, -0.2) is 54.3 Å². The molecule has 0 saturated heterocycles. The lowest BCUT2D eigenvalue weighted by molar-refractivity contribution is -0.713. The van der Waals surface area contributed by atoms with E-state index in [1.165, 1.54) is 22.1 Å². The number of rotatable bonds is 8. The van der Waals surface area contributed by atoms with Gasteiger partial charge in [0.1, 0.15) is 29.9 Å². The fraction of sp³-hybridized carbons (Fsp3) is 0.194. The number of amidine groups is 1. The number of carbonyl (C=O) groups is 1. The molecule has 7 rings (SSSR count). The summed E-state index contributed by atoms with van der Waals surface area (Å²) in [5.74, 6) is 3.80. The van der Waals surface area contributed by atoms with Gasteiger partial charge in [-0.1, -0.05) is 48.2 Å². The number of benzene rings is 4. The van der Waals surface area contributed by atoms with Crippen LogP contribution in [0.15, 0.2) is 126 Å². The van der Waals surface area contributed by atoms with Crippen LogP contribution in [0.5, 0.6) is 11.5 Å². The van der Waals surface area contributed by atoms with E-state index >= 15 is 0 Å². The predicted molar refractivity (Wildman–Crippen MR) is 195 cm³/mol. The summed E-state index contributed by atoms with van der Waals surface area (Å²) in [5.41, 5.74) is 5.35. The average molecular weight is 797 g/mol. The Bertz CT molecular complexity index is 1770. The second-order valence-electron chi connectivity index (χ2n) is 10.3. The van der Waals surface area contributed by atoms with Gasteiger partial charge in [0.05, 0.1) is 27.3 Å². The lowest BCUT2D eigenvalue weighted by Gasteiger charge is -2.23. The molecule has 0 N–H and O–H groups in total. The van der Waals surface area contributed by atoms with Crippen LogP contribution >= 0.6 is 40.5 Å². The molecule has 0 aliphatic carbocycles. The number of para-hydroxylation sites is 2. The Kier molecular flexibility index (Phi) is 13.6. The SMILES string of the molecule is Br.COc1ccc(-c2cn(-c3ccccc3)c3[n+]2CCS3)cc1.COc1ccc(C(=O)CN(C2=NCCS2)c2ccccc2)cc1.[Br-]. The number of ether oxygens (including phenoxy) is 2. The minimum Gasteiger partial charge on any atom is -1.00 e. The van der Waals surface area contributed by atoms with E-state index in [1.807, 2.05) is 71.3 Å². The molecule has 0 amide bonds. The smallest absolute Gasteiger partial charge is 0.323 e. The molecule has 1 aromatic heterocycles. The fourth-order valence-corrected chi connectivity index (χ4v) is 7.19. The van der Waals surface area contributed by atoms with Crippen molar-refractivity contribution in [3.63, 3.8) is 0 Å². The molecule has 0 atom stereocenters. The normalized spacial score (nSPS) is 12.8. The first kappa shape index (κ1) is 36.3. The molecule has 11 heteroatoms. The highest BCUT2D eigenvalue weighted by atomic mass is 79.9. The Morgan fingerprint density at radius 3 is 2.04 bits per heavy atom. The van der Waals surface area contributed by atoms with Crippen molar-refractivity contribution in [2.24, 2.45) is 4.99 Å². The number of carbonyl (C=O) groups excluding carboxylic acids is 1. The van der Waals surface area contributed by atoms with E-state index in [4.69, 9.17) is 9.47 Å². The first-order valence-corrected chi connectivity index (χ1v) is 16.8. The summed E-state index contributed by atoms with van der Waals surface area (Å²) in [4.78, 5) is 19.1. The molecule has 0 fully saturated rings. The van der Waals surface area contributed by atoms with Crippen molar-refractivity contribution in [1.29, 1.82) is 0 Å². The monoisotopic (exact) mass is 794 g/mol. The van der Waals surface area contributed by atoms with Crippen LogP contribution in [0.4, 0.5) is 5.69 Å².